The van der Waals surface area contributed by atoms with Gasteiger partial charge in [0, 0.05) is 11.8 Å². The van der Waals surface area contributed by atoms with Crippen LogP contribution in [0.15, 0.2) is 60.8 Å². The number of aromatic nitrogens is 1. The highest BCUT2D eigenvalue weighted by Crippen LogP contribution is 2.48. The van der Waals surface area contributed by atoms with E-state index in [2.05, 4.69) is 66.5 Å². The second-order valence-corrected chi connectivity index (χ2v) is 8.65. The fourth-order valence-electron chi connectivity index (χ4n) is 5.26. The van der Waals surface area contributed by atoms with E-state index in [-0.39, 0.29) is 0 Å². The first-order valence-electron chi connectivity index (χ1n) is 10.4. The summed E-state index contributed by atoms with van der Waals surface area (Å²) in [7, 11) is 0. The maximum absolute atomic E-state index is 4.68. The highest BCUT2D eigenvalue weighted by molar-refractivity contribution is 5.73. The van der Waals surface area contributed by atoms with Crippen LogP contribution in [0.5, 0.6) is 0 Å². The predicted octanol–water partition coefficient (Wildman–Crippen LogP) is 6.77. The van der Waals surface area contributed by atoms with Gasteiger partial charge in [0.2, 0.25) is 0 Å². The standard InChI is InChI=1S/C26H27N/c1-19-18-27-25(20-8-4-2-5-9-20)15-24(19)21-10-11-22-16-26(17-23(22)14-21)12-6-3-7-13-26/h2,4-5,8-11,14-15,18H,3,6-7,12-13,16-17H2,1H3. The fraction of sp³-hybridized carbons (Fsp3) is 0.346. The molecule has 2 aromatic carbocycles. The molecule has 0 saturated heterocycles. The topological polar surface area (TPSA) is 12.9 Å². The molecule has 1 spiro atoms. The Morgan fingerprint density at radius 2 is 1.56 bits per heavy atom. The lowest BCUT2D eigenvalue weighted by molar-refractivity contribution is 0.203. The van der Waals surface area contributed by atoms with E-state index in [4.69, 9.17) is 0 Å². The van der Waals surface area contributed by atoms with Crippen molar-refractivity contribution < 1.29 is 0 Å². The van der Waals surface area contributed by atoms with Gasteiger partial charge >= 0.3 is 0 Å². The summed E-state index contributed by atoms with van der Waals surface area (Å²) in [6.07, 6.45) is 11.7. The van der Waals surface area contributed by atoms with Gasteiger partial charge in [-0.25, -0.2) is 0 Å². The molecule has 0 atom stereocenters. The van der Waals surface area contributed by atoms with Crippen molar-refractivity contribution >= 4 is 0 Å². The Balaban J connectivity index is 1.51. The first-order chi connectivity index (χ1) is 13.2. The minimum atomic E-state index is 0.571. The Bertz CT molecular complexity index is 965. The molecule has 2 aliphatic carbocycles. The number of nitrogens with zero attached hydrogens (tertiary/aromatic N) is 1. The van der Waals surface area contributed by atoms with E-state index in [1.165, 1.54) is 67.2 Å². The van der Waals surface area contributed by atoms with Crippen molar-refractivity contribution in [2.45, 2.75) is 51.9 Å². The zero-order valence-electron chi connectivity index (χ0n) is 16.2. The van der Waals surface area contributed by atoms with Gasteiger partial charge in [-0.2, -0.15) is 0 Å². The van der Waals surface area contributed by atoms with Gasteiger partial charge in [-0.05, 0) is 71.9 Å². The Labute approximate surface area is 162 Å². The van der Waals surface area contributed by atoms with E-state index >= 15 is 0 Å². The van der Waals surface area contributed by atoms with Crippen molar-refractivity contribution in [3.05, 3.63) is 77.5 Å². The molecule has 3 aromatic rings. The summed E-state index contributed by atoms with van der Waals surface area (Å²) in [4.78, 5) is 4.68. The molecule has 0 N–H and O–H groups in total. The average molecular weight is 354 g/mol. The van der Waals surface area contributed by atoms with Crippen LogP contribution in [0.25, 0.3) is 22.4 Å². The number of hydrogen-bond donors (Lipinski definition) is 0. The minimum absolute atomic E-state index is 0.571. The molecule has 1 heteroatoms. The van der Waals surface area contributed by atoms with E-state index in [0.717, 1.165) is 5.69 Å². The van der Waals surface area contributed by atoms with Crippen LogP contribution in [-0.4, -0.2) is 4.98 Å². The third kappa shape index (κ3) is 3.10. The van der Waals surface area contributed by atoms with Crippen LogP contribution >= 0.6 is 0 Å². The largest absolute Gasteiger partial charge is 0.256 e. The molecule has 0 radical (unpaired) electrons. The molecule has 0 bridgehead atoms. The molecular formula is C26H27N. The van der Waals surface area contributed by atoms with Gasteiger partial charge in [0.1, 0.15) is 0 Å². The maximum Gasteiger partial charge on any atom is 0.0708 e. The SMILES string of the molecule is Cc1cnc(-c2ccccc2)cc1-c1ccc2c(c1)CC1(CCCCC1)C2. The summed E-state index contributed by atoms with van der Waals surface area (Å²) in [6, 6.07) is 19.9. The van der Waals surface area contributed by atoms with E-state index in [9.17, 15) is 0 Å². The Morgan fingerprint density at radius 1 is 0.778 bits per heavy atom. The van der Waals surface area contributed by atoms with Crippen molar-refractivity contribution in [2.75, 3.05) is 0 Å². The van der Waals surface area contributed by atoms with Gasteiger partial charge in [-0.1, -0.05) is 67.8 Å². The number of aryl methyl sites for hydroxylation is 1. The smallest absolute Gasteiger partial charge is 0.0708 e. The quantitative estimate of drug-likeness (QED) is 0.495. The van der Waals surface area contributed by atoms with Gasteiger partial charge in [0.05, 0.1) is 5.69 Å². The Kier molecular flexibility index (Phi) is 4.11. The van der Waals surface area contributed by atoms with Crippen LogP contribution in [-0.2, 0) is 12.8 Å². The number of rotatable bonds is 2. The molecule has 136 valence electrons. The summed E-state index contributed by atoms with van der Waals surface area (Å²) >= 11 is 0. The Hall–Kier alpha value is -2.41. The lowest BCUT2D eigenvalue weighted by Gasteiger charge is -2.33. The van der Waals surface area contributed by atoms with Crippen molar-refractivity contribution in [3.63, 3.8) is 0 Å². The fourth-order valence-corrected chi connectivity index (χ4v) is 5.26. The lowest BCUT2D eigenvalue weighted by Crippen LogP contribution is -2.24. The van der Waals surface area contributed by atoms with Crippen LogP contribution in [0.2, 0.25) is 0 Å². The minimum Gasteiger partial charge on any atom is -0.256 e. The molecule has 27 heavy (non-hydrogen) atoms. The highest BCUT2D eigenvalue weighted by atomic mass is 14.7. The number of fused-ring (bicyclic) bond motifs is 1. The van der Waals surface area contributed by atoms with Crippen LogP contribution in [0, 0.1) is 12.3 Å². The molecule has 1 nitrogen and oxygen atoms in total. The normalized spacial score (nSPS) is 17.8. The van der Waals surface area contributed by atoms with Gasteiger partial charge in [-0.15, -0.1) is 0 Å². The summed E-state index contributed by atoms with van der Waals surface area (Å²) in [5.74, 6) is 0. The monoisotopic (exact) mass is 353 g/mol. The zero-order chi connectivity index (χ0) is 18.3. The summed E-state index contributed by atoms with van der Waals surface area (Å²) in [5.41, 5.74) is 9.90. The van der Waals surface area contributed by atoms with Crippen molar-refractivity contribution in [2.24, 2.45) is 5.41 Å². The van der Waals surface area contributed by atoms with Crippen molar-refractivity contribution in [1.82, 2.24) is 4.98 Å². The van der Waals surface area contributed by atoms with Gasteiger partial charge in [-0.3, -0.25) is 4.98 Å². The zero-order valence-corrected chi connectivity index (χ0v) is 16.2. The van der Waals surface area contributed by atoms with E-state index in [1.807, 2.05) is 6.20 Å². The molecule has 1 saturated carbocycles. The second-order valence-electron chi connectivity index (χ2n) is 8.65. The summed E-state index contributed by atoms with van der Waals surface area (Å²) in [6.45, 7) is 2.17. The van der Waals surface area contributed by atoms with Crippen molar-refractivity contribution in [3.8, 4) is 22.4 Å². The molecule has 1 heterocycles. The molecule has 0 unspecified atom stereocenters. The van der Waals surface area contributed by atoms with E-state index < -0.39 is 0 Å². The lowest BCUT2D eigenvalue weighted by atomic mass is 9.72. The number of benzene rings is 2. The number of hydrogen-bond acceptors (Lipinski definition) is 1. The van der Waals surface area contributed by atoms with Crippen LogP contribution in [0.1, 0.15) is 48.8 Å². The maximum atomic E-state index is 4.68. The predicted molar refractivity (Wildman–Crippen MR) is 113 cm³/mol. The molecule has 5 rings (SSSR count). The van der Waals surface area contributed by atoms with E-state index in [1.54, 1.807) is 11.1 Å². The van der Waals surface area contributed by atoms with Crippen LogP contribution in [0.4, 0.5) is 0 Å². The van der Waals surface area contributed by atoms with Crippen molar-refractivity contribution in [1.29, 1.82) is 0 Å². The molecule has 1 fully saturated rings. The molecule has 0 amide bonds. The molecule has 0 aliphatic heterocycles. The van der Waals surface area contributed by atoms with Gasteiger partial charge in [0.15, 0.2) is 0 Å². The third-order valence-corrected chi connectivity index (χ3v) is 6.74. The third-order valence-electron chi connectivity index (χ3n) is 6.74. The van der Waals surface area contributed by atoms with E-state index in [0.29, 0.717) is 5.41 Å². The first-order valence-corrected chi connectivity index (χ1v) is 10.4. The van der Waals surface area contributed by atoms with Crippen LogP contribution in [0.3, 0.4) is 0 Å². The molecule has 2 aliphatic rings. The summed E-state index contributed by atoms with van der Waals surface area (Å²) < 4.78 is 0. The van der Waals surface area contributed by atoms with Gasteiger partial charge in [0.25, 0.3) is 0 Å². The van der Waals surface area contributed by atoms with Crippen LogP contribution < -0.4 is 0 Å². The average Bonchev–Trinajstić information content (AvgIpc) is 3.06. The molecule has 1 aromatic heterocycles. The number of pyridine rings is 1. The first kappa shape index (κ1) is 16.7. The highest BCUT2D eigenvalue weighted by Gasteiger charge is 2.37. The Morgan fingerprint density at radius 3 is 2.37 bits per heavy atom. The molecular weight excluding hydrogens is 326 g/mol. The van der Waals surface area contributed by atoms with Gasteiger partial charge < -0.3 is 0 Å². The second kappa shape index (κ2) is 6.64. The summed E-state index contributed by atoms with van der Waals surface area (Å²) in [5, 5.41) is 0.